The molecule has 2 heterocycles. The maximum absolute atomic E-state index is 12.6. The van der Waals surface area contributed by atoms with E-state index in [-0.39, 0.29) is 24.4 Å². The van der Waals surface area contributed by atoms with Crippen molar-refractivity contribution in [1.82, 2.24) is 15.6 Å². The highest BCUT2D eigenvalue weighted by molar-refractivity contribution is 5.99. The molecule has 2 unspecified atom stereocenters. The number of nitrogens with zero attached hydrogens (tertiary/aromatic N) is 1. The molecule has 5 nitrogen and oxygen atoms in total. The van der Waals surface area contributed by atoms with Gasteiger partial charge in [-0.1, -0.05) is 6.92 Å². The van der Waals surface area contributed by atoms with Crippen LogP contribution in [-0.4, -0.2) is 37.1 Å². The van der Waals surface area contributed by atoms with E-state index >= 15 is 0 Å². The Labute approximate surface area is 148 Å². The van der Waals surface area contributed by atoms with Crippen LogP contribution in [0.15, 0.2) is 24.3 Å². The normalized spacial score (nSPS) is 20.3. The Bertz CT molecular complexity index is 736. The lowest BCUT2D eigenvalue weighted by Crippen LogP contribution is -2.50. The Hall–Kier alpha value is -1.85. The van der Waals surface area contributed by atoms with Crippen molar-refractivity contribution in [2.45, 2.75) is 26.3 Å². The average molecular weight is 350 g/mol. The Balaban J connectivity index is 0.00000208. The van der Waals surface area contributed by atoms with Gasteiger partial charge in [0, 0.05) is 24.0 Å². The van der Waals surface area contributed by atoms with E-state index < -0.39 is 0 Å². The molecule has 6 heteroatoms. The highest BCUT2D eigenvalue weighted by Gasteiger charge is 2.24. The van der Waals surface area contributed by atoms with Gasteiger partial charge in [-0.3, -0.25) is 9.78 Å². The second kappa shape index (κ2) is 7.81. The van der Waals surface area contributed by atoms with E-state index in [0.717, 1.165) is 41.9 Å². The molecule has 0 bridgehead atoms. The van der Waals surface area contributed by atoms with Crippen LogP contribution < -0.4 is 15.4 Å². The number of nitrogens with one attached hydrogen (secondary N) is 2. The highest BCUT2D eigenvalue weighted by atomic mass is 35.5. The number of aromatic nitrogens is 1. The number of aryl methyl sites for hydroxylation is 1. The van der Waals surface area contributed by atoms with Gasteiger partial charge >= 0.3 is 0 Å². The van der Waals surface area contributed by atoms with Gasteiger partial charge in [0.15, 0.2) is 0 Å². The molecule has 2 aromatic rings. The molecule has 3 rings (SSSR count). The Morgan fingerprint density at radius 2 is 2.17 bits per heavy atom. The minimum Gasteiger partial charge on any atom is -0.497 e. The van der Waals surface area contributed by atoms with Gasteiger partial charge in [0.1, 0.15) is 5.75 Å². The number of fused-ring (bicyclic) bond motifs is 1. The molecule has 1 aromatic carbocycles. The fourth-order valence-corrected chi connectivity index (χ4v) is 3.03. The SMILES string of the molecule is COc1ccc2cc(C(=O)NC3CNCCC3C)c(C)nc2c1.Cl. The maximum atomic E-state index is 12.6. The number of pyridine rings is 1. The first-order chi connectivity index (χ1) is 11.1. The van der Waals surface area contributed by atoms with E-state index in [1.165, 1.54) is 0 Å². The van der Waals surface area contributed by atoms with Crippen LogP contribution in [0.2, 0.25) is 0 Å². The number of piperidine rings is 1. The summed E-state index contributed by atoms with van der Waals surface area (Å²) < 4.78 is 5.23. The molecule has 24 heavy (non-hydrogen) atoms. The summed E-state index contributed by atoms with van der Waals surface area (Å²) in [5.74, 6) is 1.20. The van der Waals surface area contributed by atoms with E-state index in [2.05, 4.69) is 22.5 Å². The van der Waals surface area contributed by atoms with Gasteiger partial charge in [0.05, 0.1) is 23.9 Å². The van der Waals surface area contributed by atoms with Crippen molar-refractivity contribution in [3.63, 3.8) is 0 Å². The molecular formula is C18H24ClN3O2. The van der Waals surface area contributed by atoms with Gasteiger partial charge in [0.2, 0.25) is 0 Å². The molecular weight excluding hydrogens is 326 g/mol. The number of methoxy groups -OCH3 is 1. The molecule has 0 saturated carbocycles. The van der Waals surface area contributed by atoms with Crippen LogP contribution in [0, 0.1) is 12.8 Å². The third kappa shape index (κ3) is 3.79. The lowest BCUT2D eigenvalue weighted by atomic mass is 9.94. The Kier molecular flexibility index (Phi) is 6.02. The number of amides is 1. The van der Waals surface area contributed by atoms with Crippen molar-refractivity contribution in [2.24, 2.45) is 5.92 Å². The number of hydrogen-bond donors (Lipinski definition) is 2. The first-order valence-electron chi connectivity index (χ1n) is 8.05. The molecule has 1 saturated heterocycles. The smallest absolute Gasteiger partial charge is 0.253 e. The van der Waals surface area contributed by atoms with Crippen molar-refractivity contribution in [3.8, 4) is 5.75 Å². The van der Waals surface area contributed by atoms with Gasteiger partial charge in [-0.2, -0.15) is 0 Å². The quantitative estimate of drug-likeness (QED) is 0.894. The number of benzene rings is 1. The number of hydrogen-bond acceptors (Lipinski definition) is 4. The van der Waals surface area contributed by atoms with Crippen LogP contribution in [0.25, 0.3) is 10.9 Å². The summed E-state index contributed by atoms with van der Waals surface area (Å²) in [5.41, 5.74) is 2.21. The van der Waals surface area contributed by atoms with Gasteiger partial charge < -0.3 is 15.4 Å². The molecule has 2 atom stereocenters. The molecule has 0 radical (unpaired) electrons. The molecule has 0 aliphatic carbocycles. The summed E-state index contributed by atoms with van der Waals surface area (Å²) in [7, 11) is 1.63. The molecule has 1 aliphatic rings. The molecule has 130 valence electrons. The molecule has 1 aliphatic heterocycles. The van der Waals surface area contributed by atoms with Gasteiger partial charge in [-0.15, -0.1) is 12.4 Å². The lowest BCUT2D eigenvalue weighted by Gasteiger charge is -2.30. The van der Waals surface area contributed by atoms with Crippen molar-refractivity contribution < 1.29 is 9.53 Å². The third-order valence-corrected chi connectivity index (χ3v) is 4.60. The zero-order valence-corrected chi connectivity index (χ0v) is 15.1. The molecule has 0 spiro atoms. The van der Waals surface area contributed by atoms with Crippen LogP contribution >= 0.6 is 12.4 Å². The van der Waals surface area contributed by atoms with Crippen LogP contribution in [0.4, 0.5) is 0 Å². The third-order valence-electron chi connectivity index (χ3n) is 4.60. The fourth-order valence-electron chi connectivity index (χ4n) is 3.03. The van der Waals surface area contributed by atoms with E-state index in [1.54, 1.807) is 7.11 Å². The van der Waals surface area contributed by atoms with Crippen molar-refractivity contribution in [1.29, 1.82) is 0 Å². The Morgan fingerprint density at radius 3 is 2.88 bits per heavy atom. The largest absolute Gasteiger partial charge is 0.497 e. The summed E-state index contributed by atoms with van der Waals surface area (Å²) in [5, 5.41) is 7.42. The van der Waals surface area contributed by atoms with Gasteiger partial charge in [-0.25, -0.2) is 0 Å². The number of rotatable bonds is 3. The van der Waals surface area contributed by atoms with Crippen LogP contribution in [0.1, 0.15) is 29.4 Å². The predicted octanol–water partition coefficient (Wildman–Crippen LogP) is 2.70. The minimum absolute atomic E-state index is 0. The van der Waals surface area contributed by atoms with Crippen molar-refractivity contribution >= 4 is 29.2 Å². The second-order valence-corrected chi connectivity index (χ2v) is 6.23. The summed E-state index contributed by atoms with van der Waals surface area (Å²) in [4.78, 5) is 17.2. The first kappa shape index (κ1) is 18.5. The number of ether oxygens (including phenoxy) is 1. The topological polar surface area (TPSA) is 63.2 Å². The maximum Gasteiger partial charge on any atom is 0.253 e. The second-order valence-electron chi connectivity index (χ2n) is 6.23. The molecule has 1 fully saturated rings. The monoisotopic (exact) mass is 349 g/mol. The van der Waals surface area contributed by atoms with E-state index in [1.807, 2.05) is 31.2 Å². The molecule has 1 aromatic heterocycles. The van der Waals surface area contributed by atoms with E-state index in [4.69, 9.17) is 4.74 Å². The zero-order chi connectivity index (χ0) is 16.4. The predicted molar refractivity (Wildman–Crippen MR) is 98.2 cm³/mol. The zero-order valence-electron chi connectivity index (χ0n) is 14.3. The number of carbonyl (C=O) groups excluding carboxylic acids is 1. The molecule has 1 amide bonds. The summed E-state index contributed by atoms with van der Waals surface area (Å²) in [6.45, 7) is 5.90. The summed E-state index contributed by atoms with van der Waals surface area (Å²) in [6, 6.07) is 7.78. The van der Waals surface area contributed by atoms with Crippen molar-refractivity contribution in [2.75, 3.05) is 20.2 Å². The average Bonchev–Trinajstić information content (AvgIpc) is 2.55. The van der Waals surface area contributed by atoms with Crippen LogP contribution in [0.3, 0.4) is 0 Å². The van der Waals surface area contributed by atoms with Crippen molar-refractivity contribution in [3.05, 3.63) is 35.5 Å². The van der Waals surface area contributed by atoms with Gasteiger partial charge in [-0.05, 0) is 44.0 Å². The Morgan fingerprint density at radius 1 is 1.38 bits per heavy atom. The number of halogens is 1. The first-order valence-corrected chi connectivity index (χ1v) is 8.05. The highest BCUT2D eigenvalue weighted by Crippen LogP contribution is 2.22. The minimum atomic E-state index is -0.0479. The van der Waals surface area contributed by atoms with Crippen LogP contribution in [0.5, 0.6) is 5.75 Å². The van der Waals surface area contributed by atoms with E-state index in [9.17, 15) is 4.79 Å². The lowest BCUT2D eigenvalue weighted by molar-refractivity contribution is 0.0914. The van der Waals surface area contributed by atoms with Crippen LogP contribution in [-0.2, 0) is 0 Å². The fraction of sp³-hybridized carbons (Fsp3) is 0.444. The summed E-state index contributed by atoms with van der Waals surface area (Å²) in [6.07, 6.45) is 1.08. The number of carbonyl (C=O) groups is 1. The van der Waals surface area contributed by atoms with E-state index in [0.29, 0.717) is 11.5 Å². The molecule has 2 N–H and O–H groups in total. The summed E-state index contributed by atoms with van der Waals surface area (Å²) >= 11 is 0. The van der Waals surface area contributed by atoms with Gasteiger partial charge in [0.25, 0.3) is 5.91 Å². The standard InChI is InChI=1S/C18H23N3O2.ClH/c1-11-6-7-19-10-17(11)21-18(22)15-8-13-4-5-14(23-3)9-16(13)20-12(15)2;/h4-5,8-9,11,17,19H,6-7,10H2,1-3H3,(H,21,22);1H.